The minimum Gasteiger partial charge on any atom is -0.349 e. The summed E-state index contributed by atoms with van der Waals surface area (Å²) in [7, 11) is 0. The van der Waals surface area contributed by atoms with Gasteiger partial charge in [0, 0.05) is 19.0 Å². The summed E-state index contributed by atoms with van der Waals surface area (Å²) in [5, 5.41) is 3.28. The number of rotatable bonds is 5. The summed E-state index contributed by atoms with van der Waals surface area (Å²) < 4.78 is 0. The van der Waals surface area contributed by atoms with E-state index in [9.17, 15) is 9.59 Å². The maximum Gasteiger partial charge on any atom is 0.225 e. The molecule has 1 aliphatic carbocycles. The molecule has 1 heterocycles. The summed E-state index contributed by atoms with van der Waals surface area (Å²) in [5.41, 5.74) is 1.19. The summed E-state index contributed by atoms with van der Waals surface area (Å²) in [6.45, 7) is 5.19. The van der Waals surface area contributed by atoms with E-state index in [2.05, 4.69) is 17.4 Å². The van der Waals surface area contributed by atoms with E-state index in [0.717, 1.165) is 19.4 Å². The minimum atomic E-state index is -0.0774. The van der Waals surface area contributed by atoms with Crippen LogP contribution in [0.4, 0.5) is 0 Å². The zero-order valence-corrected chi connectivity index (χ0v) is 14.7. The third kappa shape index (κ3) is 3.97. The zero-order valence-electron chi connectivity index (χ0n) is 14.7. The van der Waals surface area contributed by atoms with Gasteiger partial charge >= 0.3 is 0 Å². The number of benzene rings is 1. The number of hydrogen-bond donors (Lipinski definition) is 1. The Morgan fingerprint density at radius 2 is 1.83 bits per heavy atom. The van der Waals surface area contributed by atoms with Crippen LogP contribution in [0.15, 0.2) is 30.3 Å². The number of nitrogens with zero attached hydrogens (tertiary/aromatic N) is 1. The molecule has 1 aromatic carbocycles. The highest BCUT2D eigenvalue weighted by molar-refractivity contribution is 5.82. The molecule has 0 bridgehead atoms. The van der Waals surface area contributed by atoms with Crippen molar-refractivity contribution in [3.8, 4) is 0 Å². The van der Waals surface area contributed by atoms with Gasteiger partial charge in [-0.1, -0.05) is 44.2 Å². The molecular weight excluding hydrogens is 300 g/mol. The molecule has 24 heavy (non-hydrogen) atoms. The Morgan fingerprint density at radius 3 is 2.46 bits per heavy atom. The molecule has 2 aliphatic rings. The van der Waals surface area contributed by atoms with Crippen molar-refractivity contribution < 1.29 is 9.59 Å². The molecule has 1 N–H and O–H groups in total. The lowest BCUT2D eigenvalue weighted by atomic mass is 9.94. The Morgan fingerprint density at radius 1 is 1.12 bits per heavy atom. The van der Waals surface area contributed by atoms with Gasteiger partial charge in [-0.05, 0) is 37.2 Å². The van der Waals surface area contributed by atoms with Crippen LogP contribution in [-0.2, 0) is 9.59 Å². The molecule has 0 spiro atoms. The molecule has 3 rings (SSSR count). The van der Waals surface area contributed by atoms with E-state index >= 15 is 0 Å². The predicted octanol–water partition coefficient (Wildman–Crippen LogP) is 3.15. The Bertz CT molecular complexity index is 581. The van der Waals surface area contributed by atoms with E-state index in [4.69, 9.17) is 0 Å². The van der Waals surface area contributed by atoms with Crippen LogP contribution in [-0.4, -0.2) is 29.8 Å². The van der Waals surface area contributed by atoms with E-state index in [1.54, 1.807) is 0 Å². The first-order valence-electron chi connectivity index (χ1n) is 9.20. The van der Waals surface area contributed by atoms with Crippen molar-refractivity contribution in [1.82, 2.24) is 10.2 Å². The van der Waals surface area contributed by atoms with Gasteiger partial charge < -0.3 is 10.2 Å². The molecule has 1 aliphatic heterocycles. The van der Waals surface area contributed by atoms with Gasteiger partial charge in [-0.2, -0.15) is 0 Å². The lowest BCUT2D eigenvalue weighted by molar-refractivity contribution is -0.138. The van der Waals surface area contributed by atoms with Crippen LogP contribution >= 0.6 is 0 Å². The lowest BCUT2D eigenvalue weighted by Gasteiger charge is -2.34. The van der Waals surface area contributed by atoms with Crippen molar-refractivity contribution in [2.24, 2.45) is 17.8 Å². The topological polar surface area (TPSA) is 49.4 Å². The van der Waals surface area contributed by atoms with Gasteiger partial charge in [-0.15, -0.1) is 0 Å². The second-order valence-electron chi connectivity index (χ2n) is 7.51. The highest BCUT2D eigenvalue weighted by Gasteiger charge is 2.36. The predicted molar refractivity (Wildman–Crippen MR) is 94.2 cm³/mol. The van der Waals surface area contributed by atoms with Crippen LogP contribution < -0.4 is 5.32 Å². The Labute approximate surface area is 144 Å². The van der Waals surface area contributed by atoms with Crippen LogP contribution in [0.1, 0.15) is 51.1 Å². The van der Waals surface area contributed by atoms with E-state index in [1.807, 2.05) is 36.9 Å². The molecule has 0 aromatic heterocycles. The summed E-state index contributed by atoms with van der Waals surface area (Å²) in [5.74, 6) is 0.751. The average Bonchev–Trinajstić information content (AvgIpc) is 3.44. The number of amides is 2. The van der Waals surface area contributed by atoms with E-state index in [-0.39, 0.29) is 29.7 Å². The van der Waals surface area contributed by atoms with Crippen molar-refractivity contribution in [2.75, 3.05) is 13.1 Å². The number of carbonyl (C=O) groups is 2. The molecular formula is C20H28N2O2. The Hall–Kier alpha value is -1.84. The SMILES string of the molecule is CC(C)C(=O)N1CCCC(C(=O)NC(c2ccccc2)C2CC2)C1. The summed E-state index contributed by atoms with van der Waals surface area (Å²) in [6.07, 6.45) is 4.15. The van der Waals surface area contributed by atoms with Crippen LogP contribution in [0.5, 0.6) is 0 Å². The normalized spacial score (nSPS) is 22.3. The molecule has 130 valence electrons. The molecule has 4 heteroatoms. The first kappa shape index (κ1) is 17.0. The van der Waals surface area contributed by atoms with Gasteiger partial charge in [-0.3, -0.25) is 9.59 Å². The fourth-order valence-electron chi connectivity index (χ4n) is 3.59. The maximum atomic E-state index is 12.8. The van der Waals surface area contributed by atoms with Crippen LogP contribution in [0.2, 0.25) is 0 Å². The van der Waals surface area contributed by atoms with Crippen molar-refractivity contribution in [1.29, 1.82) is 0 Å². The molecule has 1 saturated carbocycles. The molecule has 2 amide bonds. The Balaban J connectivity index is 1.64. The van der Waals surface area contributed by atoms with Crippen LogP contribution in [0.3, 0.4) is 0 Å². The van der Waals surface area contributed by atoms with Gasteiger partial charge in [0.05, 0.1) is 12.0 Å². The largest absolute Gasteiger partial charge is 0.349 e. The fraction of sp³-hybridized carbons (Fsp3) is 0.600. The highest BCUT2D eigenvalue weighted by atomic mass is 16.2. The highest BCUT2D eigenvalue weighted by Crippen LogP contribution is 2.41. The molecule has 2 unspecified atom stereocenters. The first-order chi connectivity index (χ1) is 11.6. The van der Waals surface area contributed by atoms with E-state index in [0.29, 0.717) is 12.5 Å². The summed E-state index contributed by atoms with van der Waals surface area (Å²) >= 11 is 0. The monoisotopic (exact) mass is 328 g/mol. The van der Waals surface area contributed by atoms with Crippen LogP contribution in [0.25, 0.3) is 0 Å². The van der Waals surface area contributed by atoms with Gasteiger partial charge in [-0.25, -0.2) is 0 Å². The second-order valence-corrected chi connectivity index (χ2v) is 7.51. The molecule has 1 saturated heterocycles. The molecule has 2 fully saturated rings. The van der Waals surface area contributed by atoms with E-state index in [1.165, 1.54) is 18.4 Å². The van der Waals surface area contributed by atoms with Gasteiger partial charge in [0.15, 0.2) is 0 Å². The average molecular weight is 328 g/mol. The maximum absolute atomic E-state index is 12.8. The smallest absolute Gasteiger partial charge is 0.225 e. The lowest BCUT2D eigenvalue weighted by Crippen LogP contribution is -2.47. The molecule has 4 nitrogen and oxygen atoms in total. The number of piperidine rings is 1. The summed E-state index contributed by atoms with van der Waals surface area (Å²) in [6, 6.07) is 10.4. The van der Waals surface area contributed by atoms with Crippen molar-refractivity contribution in [2.45, 2.75) is 45.6 Å². The molecule has 2 atom stereocenters. The number of nitrogens with one attached hydrogen (secondary N) is 1. The standard InChI is InChI=1S/C20H28N2O2/c1-14(2)20(24)22-12-6-9-17(13-22)19(23)21-18(16-10-11-16)15-7-4-3-5-8-15/h3-5,7-8,14,16-18H,6,9-13H2,1-2H3,(H,21,23). The quantitative estimate of drug-likeness (QED) is 0.903. The van der Waals surface area contributed by atoms with Gasteiger partial charge in [0.2, 0.25) is 11.8 Å². The third-order valence-electron chi connectivity index (χ3n) is 5.15. The first-order valence-corrected chi connectivity index (χ1v) is 9.20. The number of hydrogen-bond acceptors (Lipinski definition) is 2. The summed E-state index contributed by atoms with van der Waals surface area (Å²) in [4.78, 5) is 26.9. The second kappa shape index (κ2) is 7.37. The van der Waals surface area contributed by atoms with Crippen molar-refractivity contribution in [3.63, 3.8) is 0 Å². The fourth-order valence-corrected chi connectivity index (χ4v) is 3.59. The Kier molecular flexibility index (Phi) is 5.22. The van der Waals surface area contributed by atoms with E-state index < -0.39 is 0 Å². The van der Waals surface area contributed by atoms with Gasteiger partial charge in [0.25, 0.3) is 0 Å². The van der Waals surface area contributed by atoms with Crippen molar-refractivity contribution >= 4 is 11.8 Å². The van der Waals surface area contributed by atoms with Crippen LogP contribution in [0, 0.1) is 17.8 Å². The third-order valence-corrected chi connectivity index (χ3v) is 5.15. The molecule has 0 radical (unpaired) electrons. The number of likely N-dealkylation sites (tertiary alicyclic amines) is 1. The number of carbonyl (C=O) groups excluding carboxylic acids is 2. The zero-order chi connectivity index (χ0) is 17.1. The van der Waals surface area contributed by atoms with Crippen molar-refractivity contribution in [3.05, 3.63) is 35.9 Å². The minimum absolute atomic E-state index is 0.00431. The van der Waals surface area contributed by atoms with Gasteiger partial charge in [0.1, 0.15) is 0 Å². The molecule has 1 aromatic rings.